The van der Waals surface area contributed by atoms with Crippen LogP contribution in [-0.2, 0) is 9.59 Å². The molecule has 2 fully saturated rings. The van der Waals surface area contributed by atoms with Gasteiger partial charge in [0, 0.05) is 13.6 Å². The Morgan fingerprint density at radius 1 is 1.10 bits per heavy atom. The molecule has 5 heteroatoms. The number of nitrogens with two attached hydrogens (primary N) is 1. The minimum atomic E-state index is -0.818. The smallest absolute Gasteiger partial charge is 0.305 e. The Morgan fingerprint density at radius 2 is 1.70 bits per heavy atom. The van der Waals surface area contributed by atoms with Crippen molar-refractivity contribution in [3.05, 3.63) is 0 Å². The van der Waals surface area contributed by atoms with Crippen LogP contribution in [-0.4, -0.2) is 41.0 Å². The lowest BCUT2D eigenvalue weighted by Gasteiger charge is -2.50. The number of carbonyl (C=O) groups excluding carboxylic acids is 1. The number of rotatable bonds is 5. The Kier molecular flexibility index (Phi) is 4.37. The molecule has 0 unspecified atom stereocenters. The number of aliphatic carboxylic acids is 1. The average molecular weight is 282 g/mol. The van der Waals surface area contributed by atoms with E-state index < -0.39 is 16.9 Å². The van der Waals surface area contributed by atoms with Gasteiger partial charge in [-0.1, -0.05) is 25.7 Å². The molecule has 0 aliphatic heterocycles. The number of carboxylic acids is 1. The lowest BCUT2D eigenvalue weighted by atomic mass is 9.66. The first-order valence-corrected chi connectivity index (χ1v) is 7.66. The number of hydrogen-bond acceptors (Lipinski definition) is 3. The number of amides is 1. The van der Waals surface area contributed by atoms with Crippen LogP contribution < -0.4 is 5.73 Å². The van der Waals surface area contributed by atoms with E-state index in [9.17, 15) is 14.7 Å². The molecule has 0 spiro atoms. The summed E-state index contributed by atoms with van der Waals surface area (Å²) in [6.07, 6.45) is 7.50. The van der Waals surface area contributed by atoms with E-state index in [1.54, 1.807) is 11.9 Å². The van der Waals surface area contributed by atoms with Gasteiger partial charge in [-0.2, -0.15) is 0 Å². The quantitative estimate of drug-likeness (QED) is 0.804. The van der Waals surface area contributed by atoms with Crippen LogP contribution in [0, 0.1) is 5.41 Å². The van der Waals surface area contributed by atoms with Gasteiger partial charge in [-0.25, -0.2) is 0 Å². The maximum Gasteiger partial charge on any atom is 0.305 e. The van der Waals surface area contributed by atoms with E-state index in [0.29, 0.717) is 6.54 Å². The fourth-order valence-corrected chi connectivity index (χ4v) is 3.80. The van der Waals surface area contributed by atoms with Gasteiger partial charge in [0.1, 0.15) is 0 Å². The molecule has 0 aromatic carbocycles. The summed E-state index contributed by atoms with van der Waals surface area (Å²) in [4.78, 5) is 25.8. The highest BCUT2D eigenvalue weighted by Gasteiger charge is 2.49. The van der Waals surface area contributed by atoms with E-state index in [-0.39, 0.29) is 12.3 Å². The first kappa shape index (κ1) is 15.3. The van der Waals surface area contributed by atoms with Gasteiger partial charge in [-0.05, 0) is 25.7 Å². The second-order valence-corrected chi connectivity index (χ2v) is 6.56. The molecule has 2 saturated carbocycles. The summed E-state index contributed by atoms with van der Waals surface area (Å²) in [5.74, 6) is -0.753. The topological polar surface area (TPSA) is 83.6 Å². The van der Waals surface area contributed by atoms with Crippen LogP contribution in [0.15, 0.2) is 0 Å². The zero-order valence-corrected chi connectivity index (χ0v) is 12.4. The van der Waals surface area contributed by atoms with E-state index in [0.717, 1.165) is 51.4 Å². The summed E-state index contributed by atoms with van der Waals surface area (Å²) in [6, 6.07) is 0. The standard InChI is InChI=1S/C15H26N2O3/c1-17(13(20)14(11-16)6-5-7-14)15(10-12(18)19)8-3-2-4-9-15/h2-11,16H2,1H3,(H,18,19). The minimum absolute atomic E-state index is 0.0515. The van der Waals surface area contributed by atoms with Crippen molar-refractivity contribution in [3.63, 3.8) is 0 Å². The summed E-state index contributed by atoms with van der Waals surface area (Å²) >= 11 is 0. The zero-order valence-electron chi connectivity index (χ0n) is 12.4. The lowest BCUT2D eigenvalue weighted by molar-refractivity contribution is -0.156. The predicted octanol–water partition coefficient (Wildman–Crippen LogP) is 1.75. The van der Waals surface area contributed by atoms with E-state index in [2.05, 4.69) is 0 Å². The zero-order chi connectivity index (χ0) is 14.8. The molecule has 5 nitrogen and oxygen atoms in total. The highest BCUT2D eigenvalue weighted by molar-refractivity contribution is 5.85. The van der Waals surface area contributed by atoms with Crippen molar-refractivity contribution in [3.8, 4) is 0 Å². The van der Waals surface area contributed by atoms with Gasteiger partial charge in [0.15, 0.2) is 0 Å². The SMILES string of the molecule is CN(C(=O)C1(CN)CCC1)C1(CC(=O)O)CCCCC1. The average Bonchev–Trinajstić information content (AvgIpc) is 2.37. The van der Waals surface area contributed by atoms with Gasteiger partial charge in [0.2, 0.25) is 5.91 Å². The third kappa shape index (κ3) is 2.55. The molecule has 114 valence electrons. The molecule has 3 N–H and O–H groups in total. The molecule has 0 saturated heterocycles. The summed E-state index contributed by atoms with van der Waals surface area (Å²) in [6.45, 7) is 0.374. The van der Waals surface area contributed by atoms with Crippen molar-refractivity contribution in [1.82, 2.24) is 4.90 Å². The van der Waals surface area contributed by atoms with Gasteiger partial charge in [0.05, 0.1) is 17.4 Å². The molecule has 2 rings (SSSR count). The Balaban J connectivity index is 2.19. The first-order chi connectivity index (χ1) is 9.46. The lowest BCUT2D eigenvalue weighted by Crippen LogP contribution is -2.59. The van der Waals surface area contributed by atoms with Gasteiger partial charge >= 0.3 is 5.97 Å². The van der Waals surface area contributed by atoms with Gasteiger partial charge < -0.3 is 15.7 Å². The third-order valence-electron chi connectivity index (χ3n) is 5.44. The maximum absolute atomic E-state index is 12.8. The Labute approximate surface area is 120 Å². The van der Waals surface area contributed by atoms with Gasteiger partial charge in [-0.15, -0.1) is 0 Å². The molecular weight excluding hydrogens is 256 g/mol. The molecule has 0 bridgehead atoms. The second-order valence-electron chi connectivity index (χ2n) is 6.56. The van der Waals surface area contributed by atoms with E-state index >= 15 is 0 Å². The Bertz CT molecular complexity index is 379. The molecule has 1 amide bonds. The van der Waals surface area contributed by atoms with Crippen LogP contribution in [0.5, 0.6) is 0 Å². The molecule has 0 radical (unpaired) electrons. The number of carboxylic acid groups (broad SMARTS) is 1. The number of carbonyl (C=O) groups is 2. The summed E-state index contributed by atoms with van der Waals surface area (Å²) in [5, 5.41) is 9.23. The largest absolute Gasteiger partial charge is 0.481 e. The van der Waals surface area contributed by atoms with Crippen LogP contribution in [0.4, 0.5) is 0 Å². The van der Waals surface area contributed by atoms with Crippen molar-refractivity contribution in [2.45, 2.75) is 63.3 Å². The van der Waals surface area contributed by atoms with E-state index in [1.807, 2.05) is 0 Å². The molecular formula is C15H26N2O3. The van der Waals surface area contributed by atoms with Gasteiger partial charge in [0.25, 0.3) is 0 Å². The molecule has 0 atom stereocenters. The molecule has 0 heterocycles. The summed E-state index contributed by atoms with van der Waals surface area (Å²) in [7, 11) is 1.78. The summed E-state index contributed by atoms with van der Waals surface area (Å²) in [5.41, 5.74) is 4.90. The molecule has 2 aliphatic rings. The van der Waals surface area contributed by atoms with Crippen LogP contribution in [0.3, 0.4) is 0 Å². The van der Waals surface area contributed by atoms with Crippen molar-refractivity contribution in [2.24, 2.45) is 11.1 Å². The van der Waals surface area contributed by atoms with Gasteiger partial charge in [-0.3, -0.25) is 9.59 Å². The molecule has 2 aliphatic carbocycles. The van der Waals surface area contributed by atoms with Crippen molar-refractivity contribution in [2.75, 3.05) is 13.6 Å². The predicted molar refractivity (Wildman–Crippen MR) is 76.2 cm³/mol. The number of nitrogens with zero attached hydrogens (tertiary/aromatic N) is 1. The Hall–Kier alpha value is -1.10. The Morgan fingerprint density at radius 3 is 2.10 bits per heavy atom. The highest BCUT2D eigenvalue weighted by Crippen LogP contribution is 2.45. The summed E-state index contributed by atoms with van der Waals surface area (Å²) < 4.78 is 0. The molecule has 20 heavy (non-hydrogen) atoms. The second kappa shape index (κ2) is 5.72. The van der Waals surface area contributed by atoms with Crippen LogP contribution in [0.2, 0.25) is 0 Å². The van der Waals surface area contributed by atoms with Crippen molar-refractivity contribution in [1.29, 1.82) is 0 Å². The maximum atomic E-state index is 12.8. The van der Waals surface area contributed by atoms with Crippen LogP contribution in [0.1, 0.15) is 57.8 Å². The van der Waals surface area contributed by atoms with Crippen molar-refractivity contribution >= 4 is 11.9 Å². The van der Waals surface area contributed by atoms with Crippen LogP contribution >= 0.6 is 0 Å². The minimum Gasteiger partial charge on any atom is -0.481 e. The molecule has 0 aromatic heterocycles. The van der Waals surface area contributed by atoms with Crippen molar-refractivity contribution < 1.29 is 14.7 Å². The highest BCUT2D eigenvalue weighted by atomic mass is 16.4. The van der Waals surface area contributed by atoms with Crippen LogP contribution in [0.25, 0.3) is 0 Å². The van der Waals surface area contributed by atoms with E-state index in [4.69, 9.17) is 5.73 Å². The first-order valence-electron chi connectivity index (χ1n) is 7.66. The van der Waals surface area contributed by atoms with E-state index in [1.165, 1.54) is 0 Å². The molecule has 0 aromatic rings. The fraction of sp³-hybridized carbons (Fsp3) is 0.867. The third-order valence-corrected chi connectivity index (χ3v) is 5.44. The number of hydrogen-bond donors (Lipinski definition) is 2. The normalized spacial score (nSPS) is 23.7. The fourth-order valence-electron chi connectivity index (χ4n) is 3.80. The monoisotopic (exact) mass is 282 g/mol.